The fourth-order valence-electron chi connectivity index (χ4n) is 1.55. The standard InChI is InChI=1S/C12H13FO3S/c1-7(14)11-3-9(13)2-8(12(11)15)6-17-10-4-16-5-10/h2-3,10,15H,4-6H2,1H3. The van der Waals surface area contributed by atoms with Gasteiger partial charge in [-0.2, -0.15) is 0 Å². The molecular formula is C12H13FO3S. The second-order valence-corrected chi connectivity index (χ2v) is 5.28. The van der Waals surface area contributed by atoms with Crippen molar-refractivity contribution in [3.05, 3.63) is 29.1 Å². The topological polar surface area (TPSA) is 46.5 Å². The first kappa shape index (κ1) is 12.4. The van der Waals surface area contributed by atoms with Gasteiger partial charge in [0.05, 0.1) is 24.0 Å². The van der Waals surface area contributed by atoms with Gasteiger partial charge in [-0.25, -0.2) is 4.39 Å². The van der Waals surface area contributed by atoms with Crippen LogP contribution in [0.15, 0.2) is 12.1 Å². The SMILES string of the molecule is CC(=O)c1cc(F)cc(CSC2COC2)c1O. The summed E-state index contributed by atoms with van der Waals surface area (Å²) in [7, 11) is 0. The lowest BCUT2D eigenvalue weighted by atomic mass is 10.1. The lowest BCUT2D eigenvalue weighted by Gasteiger charge is -2.25. The maximum absolute atomic E-state index is 13.3. The summed E-state index contributed by atoms with van der Waals surface area (Å²) in [4.78, 5) is 11.2. The third-order valence-corrected chi connectivity index (χ3v) is 3.84. The quantitative estimate of drug-likeness (QED) is 0.840. The van der Waals surface area contributed by atoms with Crippen LogP contribution in [0.4, 0.5) is 4.39 Å². The molecule has 3 nitrogen and oxygen atoms in total. The summed E-state index contributed by atoms with van der Waals surface area (Å²) in [5, 5.41) is 10.3. The molecule has 0 spiro atoms. The summed E-state index contributed by atoms with van der Waals surface area (Å²) in [6.07, 6.45) is 0. The molecule has 1 fully saturated rings. The summed E-state index contributed by atoms with van der Waals surface area (Å²) in [6.45, 7) is 2.70. The number of halogens is 1. The normalized spacial score (nSPS) is 15.6. The summed E-state index contributed by atoms with van der Waals surface area (Å²) < 4.78 is 18.3. The second-order valence-electron chi connectivity index (χ2n) is 3.99. The van der Waals surface area contributed by atoms with Crippen LogP contribution in [0.25, 0.3) is 0 Å². The van der Waals surface area contributed by atoms with Gasteiger partial charge in [0.25, 0.3) is 0 Å². The number of carbonyl (C=O) groups is 1. The molecule has 92 valence electrons. The third kappa shape index (κ3) is 2.79. The molecule has 5 heteroatoms. The van der Waals surface area contributed by atoms with Crippen molar-refractivity contribution in [3.63, 3.8) is 0 Å². The van der Waals surface area contributed by atoms with E-state index in [4.69, 9.17) is 4.74 Å². The average Bonchev–Trinajstić information content (AvgIpc) is 2.19. The van der Waals surface area contributed by atoms with Gasteiger partial charge in [0, 0.05) is 11.3 Å². The third-order valence-electron chi connectivity index (χ3n) is 2.61. The number of thioether (sulfide) groups is 1. The number of hydrogen-bond acceptors (Lipinski definition) is 4. The first-order valence-electron chi connectivity index (χ1n) is 5.29. The van der Waals surface area contributed by atoms with Gasteiger partial charge in [-0.15, -0.1) is 11.8 Å². The molecular weight excluding hydrogens is 243 g/mol. The van der Waals surface area contributed by atoms with Gasteiger partial charge in [0.2, 0.25) is 0 Å². The van der Waals surface area contributed by atoms with Gasteiger partial charge in [0.1, 0.15) is 11.6 Å². The number of rotatable bonds is 4. The van der Waals surface area contributed by atoms with Gasteiger partial charge < -0.3 is 9.84 Å². The lowest BCUT2D eigenvalue weighted by Crippen LogP contribution is -2.30. The number of Topliss-reactive ketones (excluding diaryl/α,β-unsaturated/α-hetero) is 1. The number of ether oxygens (including phenoxy) is 1. The van der Waals surface area contributed by atoms with Gasteiger partial charge in [0.15, 0.2) is 5.78 Å². The Labute approximate surface area is 103 Å². The molecule has 1 heterocycles. The van der Waals surface area contributed by atoms with Gasteiger partial charge in [-0.1, -0.05) is 0 Å². The maximum Gasteiger partial charge on any atom is 0.163 e. The van der Waals surface area contributed by atoms with Crippen LogP contribution in [0.1, 0.15) is 22.8 Å². The Hall–Kier alpha value is -1.07. The van der Waals surface area contributed by atoms with E-state index in [2.05, 4.69) is 0 Å². The highest BCUT2D eigenvalue weighted by atomic mass is 32.2. The number of phenolic OH excluding ortho intramolecular Hbond substituents is 1. The van der Waals surface area contributed by atoms with Crippen molar-refractivity contribution >= 4 is 17.5 Å². The fourth-order valence-corrected chi connectivity index (χ4v) is 2.57. The first-order chi connectivity index (χ1) is 8.08. The number of carbonyl (C=O) groups excluding carboxylic acids is 1. The molecule has 1 aromatic carbocycles. The first-order valence-corrected chi connectivity index (χ1v) is 6.34. The van der Waals surface area contributed by atoms with E-state index in [9.17, 15) is 14.3 Å². The predicted octanol–water partition coefficient (Wildman–Crippen LogP) is 2.37. The summed E-state index contributed by atoms with van der Waals surface area (Å²) >= 11 is 1.60. The van der Waals surface area contributed by atoms with Crippen molar-refractivity contribution in [2.24, 2.45) is 0 Å². The van der Waals surface area contributed by atoms with E-state index >= 15 is 0 Å². The van der Waals surface area contributed by atoms with Crippen LogP contribution in [0.2, 0.25) is 0 Å². The number of benzene rings is 1. The zero-order valence-corrected chi connectivity index (χ0v) is 10.2. The van der Waals surface area contributed by atoms with Gasteiger partial charge in [-0.3, -0.25) is 4.79 Å². The second kappa shape index (κ2) is 5.06. The smallest absolute Gasteiger partial charge is 0.163 e. The molecule has 0 aromatic heterocycles. The van der Waals surface area contributed by atoms with E-state index < -0.39 is 5.82 Å². The van der Waals surface area contributed by atoms with Gasteiger partial charge >= 0.3 is 0 Å². The van der Waals surface area contributed by atoms with Crippen LogP contribution in [-0.4, -0.2) is 29.4 Å². The van der Waals surface area contributed by atoms with E-state index in [0.29, 0.717) is 29.8 Å². The zero-order valence-electron chi connectivity index (χ0n) is 9.40. The van der Waals surface area contributed by atoms with E-state index in [1.165, 1.54) is 13.0 Å². The summed E-state index contributed by atoms with van der Waals surface area (Å²) in [5.41, 5.74) is 0.512. The predicted molar refractivity (Wildman–Crippen MR) is 64.0 cm³/mol. The van der Waals surface area contributed by atoms with Crippen molar-refractivity contribution in [1.82, 2.24) is 0 Å². The lowest BCUT2D eigenvalue weighted by molar-refractivity contribution is 0.0455. The van der Waals surface area contributed by atoms with Crippen molar-refractivity contribution < 1.29 is 19.0 Å². The molecule has 2 rings (SSSR count). The molecule has 17 heavy (non-hydrogen) atoms. The molecule has 1 aromatic rings. The number of phenols is 1. The number of aromatic hydroxyl groups is 1. The van der Waals surface area contributed by atoms with Crippen molar-refractivity contribution in [2.45, 2.75) is 17.9 Å². The minimum atomic E-state index is -0.492. The van der Waals surface area contributed by atoms with Crippen LogP contribution in [0.3, 0.4) is 0 Å². The van der Waals surface area contributed by atoms with Crippen LogP contribution in [-0.2, 0) is 10.5 Å². The van der Waals surface area contributed by atoms with Crippen molar-refractivity contribution in [2.75, 3.05) is 13.2 Å². The van der Waals surface area contributed by atoms with Crippen molar-refractivity contribution in [3.8, 4) is 5.75 Å². The summed E-state index contributed by atoms with van der Waals surface area (Å²) in [6, 6.07) is 2.34. The number of hydrogen-bond donors (Lipinski definition) is 1. The highest BCUT2D eigenvalue weighted by Gasteiger charge is 2.20. The highest BCUT2D eigenvalue weighted by Crippen LogP contribution is 2.31. The van der Waals surface area contributed by atoms with Crippen LogP contribution in [0, 0.1) is 5.82 Å². The molecule has 0 atom stereocenters. The molecule has 1 aliphatic heterocycles. The Morgan fingerprint density at radius 3 is 2.82 bits per heavy atom. The monoisotopic (exact) mass is 256 g/mol. The molecule has 0 radical (unpaired) electrons. The largest absolute Gasteiger partial charge is 0.507 e. The van der Waals surface area contributed by atoms with Crippen molar-refractivity contribution in [1.29, 1.82) is 0 Å². The van der Waals surface area contributed by atoms with E-state index in [0.717, 1.165) is 6.07 Å². The molecule has 0 aliphatic carbocycles. The number of ketones is 1. The van der Waals surface area contributed by atoms with E-state index in [-0.39, 0.29) is 17.1 Å². The van der Waals surface area contributed by atoms with Crippen LogP contribution >= 0.6 is 11.8 Å². The Morgan fingerprint density at radius 2 is 2.29 bits per heavy atom. The molecule has 1 saturated heterocycles. The molecule has 0 unspecified atom stereocenters. The Bertz CT molecular complexity index is 444. The molecule has 0 amide bonds. The Morgan fingerprint density at radius 1 is 1.59 bits per heavy atom. The Kier molecular flexibility index (Phi) is 3.69. The van der Waals surface area contributed by atoms with Crippen LogP contribution < -0.4 is 0 Å². The fraction of sp³-hybridized carbons (Fsp3) is 0.417. The van der Waals surface area contributed by atoms with E-state index in [1.54, 1.807) is 11.8 Å². The maximum atomic E-state index is 13.3. The molecule has 1 N–H and O–H groups in total. The van der Waals surface area contributed by atoms with E-state index in [1.807, 2.05) is 0 Å². The molecule has 0 bridgehead atoms. The Balaban J connectivity index is 2.16. The average molecular weight is 256 g/mol. The molecule has 1 aliphatic rings. The minimum Gasteiger partial charge on any atom is -0.507 e. The van der Waals surface area contributed by atoms with Crippen LogP contribution in [0.5, 0.6) is 5.75 Å². The minimum absolute atomic E-state index is 0.0467. The summed E-state index contributed by atoms with van der Waals surface area (Å²) in [5.74, 6) is -0.446. The van der Waals surface area contributed by atoms with Gasteiger partial charge in [-0.05, 0) is 19.1 Å². The molecule has 0 saturated carbocycles. The highest BCUT2D eigenvalue weighted by molar-refractivity contribution is 7.99. The zero-order chi connectivity index (χ0) is 12.4.